The molecule has 4 fully saturated rings. The van der Waals surface area contributed by atoms with Gasteiger partial charge in [-0.1, -0.05) is 25.3 Å². The Bertz CT molecular complexity index is 839. The lowest BCUT2D eigenvalue weighted by Crippen LogP contribution is -2.70. The average Bonchev–Trinajstić information content (AvgIpc) is 3.15. The van der Waals surface area contributed by atoms with Crippen LogP contribution in [0.25, 0.3) is 11.0 Å². The van der Waals surface area contributed by atoms with E-state index in [0.717, 1.165) is 50.2 Å². The van der Waals surface area contributed by atoms with Crippen molar-refractivity contribution in [1.29, 1.82) is 0 Å². The van der Waals surface area contributed by atoms with Gasteiger partial charge in [-0.2, -0.15) is 0 Å². The molecule has 2 aromatic rings. The van der Waals surface area contributed by atoms with Crippen LogP contribution in [0.15, 0.2) is 12.1 Å². The number of hydrogen-bond acceptors (Lipinski definition) is 3. The fourth-order valence-electron chi connectivity index (χ4n) is 5.59. The van der Waals surface area contributed by atoms with Gasteiger partial charge < -0.3 is 4.98 Å². The molecule has 4 aliphatic rings. The fourth-order valence-corrected chi connectivity index (χ4v) is 5.59. The smallest absolute Gasteiger partial charge is 0.263 e. The molecule has 0 radical (unpaired) electrons. The number of imidazole rings is 1. The van der Waals surface area contributed by atoms with Gasteiger partial charge in [-0.3, -0.25) is 9.80 Å². The molecule has 158 valence electrons. The minimum Gasteiger partial charge on any atom is -0.338 e. The zero-order valence-corrected chi connectivity index (χ0v) is 16.9. The van der Waals surface area contributed by atoms with Gasteiger partial charge in [0.25, 0.3) is 5.92 Å². The molecule has 2 bridgehead atoms. The maximum Gasteiger partial charge on any atom is 0.263 e. The highest BCUT2D eigenvalue weighted by Gasteiger charge is 2.50. The summed E-state index contributed by atoms with van der Waals surface area (Å²) < 4.78 is 43.7. The number of fused-ring (bicyclic) bond motifs is 3. The summed E-state index contributed by atoms with van der Waals surface area (Å²) in [6.07, 6.45) is 5.33. The van der Waals surface area contributed by atoms with Gasteiger partial charge in [0, 0.05) is 31.1 Å². The van der Waals surface area contributed by atoms with Crippen molar-refractivity contribution in [3.63, 3.8) is 0 Å². The Labute approximate surface area is 169 Å². The molecule has 1 aliphatic carbocycles. The van der Waals surface area contributed by atoms with Crippen LogP contribution in [0, 0.1) is 18.7 Å². The Morgan fingerprint density at radius 1 is 1.14 bits per heavy atom. The molecule has 29 heavy (non-hydrogen) atoms. The summed E-state index contributed by atoms with van der Waals surface area (Å²) in [4.78, 5) is 12.0. The molecule has 4 heterocycles. The number of piperidine rings is 1. The van der Waals surface area contributed by atoms with E-state index in [9.17, 15) is 13.2 Å². The summed E-state index contributed by atoms with van der Waals surface area (Å²) in [6.45, 7) is 3.99. The zero-order chi connectivity index (χ0) is 20.2. The van der Waals surface area contributed by atoms with Crippen LogP contribution >= 0.6 is 0 Å². The summed E-state index contributed by atoms with van der Waals surface area (Å²) in [6, 6.07) is 3.60. The highest BCUT2D eigenvalue weighted by Crippen LogP contribution is 2.41. The lowest BCUT2D eigenvalue weighted by molar-refractivity contribution is -0.154. The Morgan fingerprint density at radius 3 is 2.55 bits per heavy atom. The maximum absolute atomic E-state index is 14.8. The number of halogens is 3. The van der Waals surface area contributed by atoms with Crippen LogP contribution in [0.4, 0.5) is 13.2 Å². The number of aryl methyl sites for hydroxylation is 1. The van der Waals surface area contributed by atoms with Gasteiger partial charge in [-0.25, -0.2) is 18.2 Å². The summed E-state index contributed by atoms with van der Waals surface area (Å²) in [7, 11) is 0. The van der Waals surface area contributed by atoms with Gasteiger partial charge in [0.2, 0.25) is 0 Å². The number of aromatic amines is 1. The molecule has 1 aromatic heterocycles. The van der Waals surface area contributed by atoms with Crippen molar-refractivity contribution in [3.8, 4) is 0 Å². The van der Waals surface area contributed by atoms with Crippen molar-refractivity contribution in [2.75, 3.05) is 19.6 Å². The van der Waals surface area contributed by atoms with Crippen LogP contribution in [0.2, 0.25) is 0 Å². The topological polar surface area (TPSA) is 35.2 Å². The first-order chi connectivity index (χ1) is 13.9. The molecule has 6 rings (SSSR count). The van der Waals surface area contributed by atoms with Crippen molar-refractivity contribution in [3.05, 3.63) is 29.3 Å². The second kappa shape index (κ2) is 7.27. The average molecular weight is 406 g/mol. The maximum atomic E-state index is 14.8. The predicted molar refractivity (Wildman–Crippen MR) is 106 cm³/mol. The highest BCUT2D eigenvalue weighted by molar-refractivity contribution is 5.79. The van der Waals surface area contributed by atoms with Crippen molar-refractivity contribution < 1.29 is 13.2 Å². The van der Waals surface area contributed by atoms with Crippen LogP contribution in [-0.4, -0.2) is 57.4 Å². The van der Waals surface area contributed by atoms with Crippen LogP contribution in [0.3, 0.4) is 0 Å². The molecule has 1 saturated carbocycles. The summed E-state index contributed by atoms with van der Waals surface area (Å²) >= 11 is 0. The normalized spacial score (nSPS) is 26.8. The number of piperazine rings is 1. The first-order valence-corrected chi connectivity index (χ1v) is 10.9. The van der Waals surface area contributed by atoms with Crippen molar-refractivity contribution in [2.45, 2.75) is 70.0 Å². The molecular formula is C22H29F3N4. The standard InChI is InChI=1S/C22H29F3N4/c1-14-7-8-18(23)21-20(14)26-19(27-21)12-28-10-16-9-17(11-28)29(16)13-22(24,25)15-5-3-2-4-6-15/h7-8,15-17H,2-6,9-13H2,1H3,(H,26,27). The summed E-state index contributed by atoms with van der Waals surface area (Å²) in [5, 5.41) is 0. The van der Waals surface area contributed by atoms with Gasteiger partial charge >= 0.3 is 0 Å². The van der Waals surface area contributed by atoms with E-state index in [-0.39, 0.29) is 24.4 Å². The first-order valence-electron chi connectivity index (χ1n) is 10.9. The van der Waals surface area contributed by atoms with Gasteiger partial charge in [0.15, 0.2) is 0 Å². The second-order valence-electron chi connectivity index (χ2n) is 9.28. The third-order valence-corrected chi connectivity index (χ3v) is 7.23. The Kier molecular flexibility index (Phi) is 4.86. The molecule has 0 spiro atoms. The van der Waals surface area contributed by atoms with Gasteiger partial charge in [0.05, 0.1) is 18.6 Å². The van der Waals surface area contributed by atoms with Crippen molar-refractivity contribution >= 4 is 11.0 Å². The number of aromatic nitrogens is 2. The van der Waals surface area contributed by atoms with Crippen molar-refractivity contribution in [1.82, 2.24) is 19.8 Å². The molecule has 2 unspecified atom stereocenters. The molecule has 1 N–H and O–H groups in total. The Morgan fingerprint density at radius 2 is 1.86 bits per heavy atom. The van der Waals surface area contributed by atoms with E-state index in [2.05, 4.69) is 14.9 Å². The third-order valence-electron chi connectivity index (χ3n) is 7.23. The summed E-state index contributed by atoms with van der Waals surface area (Å²) in [5.41, 5.74) is 2.08. The van der Waals surface area contributed by atoms with E-state index in [1.165, 1.54) is 6.07 Å². The fraction of sp³-hybridized carbons (Fsp3) is 0.682. The van der Waals surface area contributed by atoms with Crippen LogP contribution < -0.4 is 0 Å². The van der Waals surface area contributed by atoms with Gasteiger partial charge in [-0.05, 0) is 37.8 Å². The zero-order valence-electron chi connectivity index (χ0n) is 16.9. The second-order valence-corrected chi connectivity index (χ2v) is 9.28. The number of hydrogen-bond donors (Lipinski definition) is 1. The number of nitrogens with one attached hydrogen (secondary N) is 1. The lowest BCUT2D eigenvalue weighted by atomic mass is 9.81. The SMILES string of the molecule is Cc1ccc(F)c2[nH]c(CN3CC4CC(C3)N4CC(F)(F)C3CCCCC3)nc12. The molecule has 3 aliphatic heterocycles. The van der Waals surface area contributed by atoms with Crippen molar-refractivity contribution in [2.24, 2.45) is 5.92 Å². The van der Waals surface area contributed by atoms with Crippen LogP contribution in [0.1, 0.15) is 49.9 Å². The van der Waals surface area contributed by atoms with E-state index in [1.54, 1.807) is 6.07 Å². The van der Waals surface area contributed by atoms with E-state index in [1.807, 2.05) is 11.8 Å². The quantitative estimate of drug-likeness (QED) is 0.795. The van der Waals surface area contributed by atoms with E-state index >= 15 is 0 Å². The number of H-pyrrole nitrogens is 1. The highest BCUT2D eigenvalue weighted by atomic mass is 19.3. The first kappa shape index (κ1) is 19.4. The Hall–Kier alpha value is -1.60. The minimum absolute atomic E-state index is 0.0874. The molecule has 2 atom stereocenters. The molecule has 0 amide bonds. The van der Waals surface area contributed by atoms with E-state index < -0.39 is 11.8 Å². The van der Waals surface area contributed by atoms with Crippen LogP contribution in [-0.2, 0) is 6.54 Å². The molecule has 7 heteroatoms. The van der Waals surface area contributed by atoms with Gasteiger partial charge in [0.1, 0.15) is 17.2 Å². The molecule has 3 saturated heterocycles. The minimum atomic E-state index is -2.58. The number of benzene rings is 1. The third kappa shape index (κ3) is 3.56. The molecular weight excluding hydrogens is 377 g/mol. The van der Waals surface area contributed by atoms with Gasteiger partial charge in [-0.15, -0.1) is 0 Å². The number of rotatable bonds is 5. The predicted octanol–water partition coefficient (Wildman–Crippen LogP) is 4.48. The Balaban J connectivity index is 1.22. The summed E-state index contributed by atoms with van der Waals surface area (Å²) in [5.74, 6) is -2.56. The van der Waals surface area contributed by atoms with Crippen LogP contribution in [0.5, 0.6) is 0 Å². The van der Waals surface area contributed by atoms with E-state index in [4.69, 9.17) is 0 Å². The number of alkyl halides is 2. The lowest BCUT2D eigenvalue weighted by Gasteiger charge is -2.57. The van der Waals surface area contributed by atoms with E-state index in [0.29, 0.717) is 30.4 Å². The molecule has 4 nitrogen and oxygen atoms in total. The molecule has 1 aromatic carbocycles. The monoisotopic (exact) mass is 406 g/mol. The largest absolute Gasteiger partial charge is 0.338 e. The number of nitrogens with zero attached hydrogens (tertiary/aromatic N) is 3.